The van der Waals surface area contributed by atoms with Crippen LogP contribution in [-0.2, 0) is 10.0 Å². The lowest BCUT2D eigenvalue weighted by Gasteiger charge is -2.07. The average molecular weight is 404 g/mol. The number of thiophene rings is 1. The maximum Gasteiger partial charge on any atom is 0.271 e. The molecule has 0 fully saturated rings. The molecule has 1 aromatic carbocycles. The molecule has 8 heteroatoms. The van der Waals surface area contributed by atoms with E-state index in [1.807, 2.05) is 41.9 Å². The lowest BCUT2D eigenvalue weighted by molar-refractivity contribution is 0.603. The number of benzene rings is 1. The summed E-state index contributed by atoms with van der Waals surface area (Å²) in [4.78, 5) is 4.65. The summed E-state index contributed by atoms with van der Waals surface area (Å²) >= 11 is 6.86. The zero-order valence-electron chi connectivity index (χ0n) is 13.7. The summed E-state index contributed by atoms with van der Waals surface area (Å²) in [6.45, 7) is 2.00. The van der Waals surface area contributed by atoms with Crippen LogP contribution >= 0.6 is 22.9 Å². The Morgan fingerprint density at radius 1 is 1.15 bits per heavy atom. The van der Waals surface area contributed by atoms with E-state index >= 15 is 0 Å². The number of aromatic nitrogens is 2. The number of fused-ring (bicyclic) bond motifs is 1. The lowest BCUT2D eigenvalue weighted by Crippen LogP contribution is -2.11. The second-order valence-corrected chi connectivity index (χ2v) is 9.42. The fourth-order valence-electron chi connectivity index (χ4n) is 2.68. The van der Waals surface area contributed by atoms with Crippen LogP contribution in [0.25, 0.3) is 16.9 Å². The summed E-state index contributed by atoms with van der Waals surface area (Å²) in [5.74, 6) is 0. The van der Waals surface area contributed by atoms with E-state index in [9.17, 15) is 8.42 Å². The van der Waals surface area contributed by atoms with Crippen molar-refractivity contribution in [3.63, 3.8) is 0 Å². The second-order valence-electron chi connectivity index (χ2n) is 5.79. The van der Waals surface area contributed by atoms with Crippen molar-refractivity contribution in [2.75, 3.05) is 4.72 Å². The molecule has 5 nitrogen and oxygen atoms in total. The number of nitrogens with one attached hydrogen (secondary N) is 1. The number of anilines is 1. The van der Waals surface area contributed by atoms with Crippen LogP contribution in [0.1, 0.15) is 5.56 Å². The molecule has 4 rings (SSSR count). The molecule has 0 aliphatic carbocycles. The van der Waals surface area contributed by atoms with Gasteiger partial charge >= 0.3 is 0 Å². The number of halogens is 1. The Morgan fingerprint density at radius 2 is 2.00 bits per heavy atom. The molecule has 0 bridgehead atoms. The first-order valence-electron chi connectivity index (χ1n) is 7.75. The minimum atomic E-state index is -3.66. The third-order valence-corrected chi connectivity index (χ3v) is 7.01. The smallest absolute Gasteiger partial charge is 0.271 e. The predicted molar refractivity (Wildman–Crippen MR) is 106 cm³/mol. The third kappa shape index (κ3) is 3.21. The summed E-state index contributed by atoms with van der Waals surface area (Å²) < 4.78 is 30.1. The highest BCUT2D eigenvalue weighted by molar-refractivity contribution is 7.94. The fraction of sp³-hybridized carbons (Fsp3) is 0.0556. The van der Waals surface area contributed by atoms with E-state index in [-0.39, 0.29) is 4.21 Å². The minimum absolute atomic E-state index is 0.177. The molecule has 132 valence electrons. The van der Waals surface area contributed by atoms with E-state index in [2.05, 4.69) is 9.71 Å². The number of hydrogen-bond donors (Lipinski definition) is 1. The number of aryl methyl sites for hydroxylation is 1. The van der Waals surface area contributed by atoms with Crippen LogP contribution in [0, 0.1) is 6.92 Å². The highest BCUT2D eigenvalue weighted by atomic mass is 35.5. The van der Waals surface area contributed by atoms with E-state index in [0.29, 0.717) is 10.0 Å². The zero-order valence-corrected chi connectivity index (χ0v) is 16.1. The van der Waals surface area contributed by atoms with Crippen LogP contribution < -0.4 is 4.72 Å². The molecule has 4 aromatic rings. The maximum absolute atomic E-state index is 12.5. The third-order valence-electron chi connectivity index (χ3n) is 3.90. The molecule has 3 aromatic heterocycles. The second kappa shape index (κ2) is 6.42. The van der Waals surface area contributed by atoms with Gasteiger partial charge in [-0.05, 0) is 42.8 Å². The van der Waals surface area contributed by atoms with Crippen molar-refractivity contribution >= 4 is 44.3 Å². The topological polar surface area (TPSA) is 63.5 Å². The van der Waals surface area contributed by atoms with Crippen LogP contribution in [-0.4, -0.2) is 17.8 Å². The van der Waals surface area contributed by atoms with Crippen LogP contribution in [0.2, 0.25) is 4.34 Å². The van der Waals surface area contributed by atoms with E-state index in [1.165, 1.54) is 6.07 Å². The predicted octanol–water partition coefficient (Wildman–Crippen LogP) is 4.83. The van der Waals surface area contributed by atoms with Gasteiger partial charge in [-0.25, -0.2) is 13.4 Å². The van der Waals surface area contributed by atoms with E-state index in [1.54, 1.807) is 24.3 Å². The molecule has 0 aliphatic heterocycles. The summed E-state index contributed by atoms with van der Waals surface area (Å²) in [5.41, 5.74) is 4.03. The number of hydrogen-bond acceptors (Lipinski definition) is 4. The van der Waals surface area contributed by atoms with Gasteiger partial charge in [-0.2, -0.15) is 0 Å². The van der Waals surface area contributed by atoms with E-state index in [4.69, 9.17) is 11.6 Å². The molecule has 26 heavy (non-hydrogen) atoms. The molecule has 0 amide bonds. The SMILES string of the molecule is Cc1cccn2cc(-c3cccc(NS(=O)(=O)c4ccc(Cl)s4)c3)nc12. The fourth-order valence-corrected chi connectivity index (χ4v) is 5.21. The van der Waals surface area contributed by atoms with Crippen molar-refractivity contribution in [1.82, 2.24) is 9.38 Å². The number of pyridine rings is 1. The van der Waals surface area contributed by atoms with E-state index < -0.39 is 10.0 Å². The highest BCUT2D eigenvalue weighted by Gasteiger charge is 2.17. The van der Waals surface area contributed by atoms with Gasteiger partial charge in [0, 0.05) is 23.6 Å². The normalized spacial score (nSPS) is 11.8. The number of imidazole rings is 1. The van der Waals surface area contributed by atoms with Gasteiger partial charge in [0.05, 0.1) is 10.0 Å². The van der Waals surface area contributed by atoms with E-state index in [0.717, 1.165) is 33.8 Å². The number of rotatable bonds is 4. The maximum atomic E-state index is 12.5. The van der Waals surface area contributed by atoms with Gasteiger partial charge in [-0.15, -0.1) is 11.3 Å². The van der Waals surface area contributed by atoms with Crippen molar-refractivity contribution in [2.45, 2.75) is 11.1 Å². The lowest BCUT2D eigenvalue weighted by atomic mass is 10.1. The van der Waals surface area contributed by atoms with Crippen molar-refractivity contribution < 1.29 is 8.42 Å². The van der Waals surface area contributed by atoms with Gasteiger partial charge in [0.2, 0.25) is 0 Å². The first-order valence-corrected chi connectivity index (χ1v) is 10.4. The summed E-state index contributed by atoms with van der Waals surface area (Å²) in [6.07, 6.45) is 3.86. The largest absolute Gasteiger partial charge is 0.306 e. The van der Waals surface area contributed by atoms with Crippen LogP contribution in [0.3, 0.4) is 0 Å². The van der Waals surface area contributed by atoms with Crippen LogP contribution in [0.4, 0.5) is 5.69 Å². The summed E-state index contributed by atoms with van der Waals surface area (Å²) in [7, 11) is -3.66. The van der Waals surface area contributed by atoms with Crippen molar-refractivity contribution in [3.05, 3.63) is 70.8 Å². The molecule has 3 heterocycles. The molecule has 0 aliphatic rings. The highest BCUT2D eigenvalue weighted by Crippen LogP contribution is 2.29. The number of sulfonamides is 1. The Kier molecular flexibility index (Phi) is 4.22. The molecule has 0 saturated carbocycles. The summed E-state index contributed by atoms with van der Waals surface area (Å²) in [5, 5.41) is 0. The molecule has 0 unspecified atom stereocenters. The van der Waals surface area contributed by atoms with Gasteiger partial charge in [0.15, 0.2) is 0 Å². The Labute approximate surface area is 160 Å². The minimum Gasteiger partial charge on any atom is -0.306 e. The van der Waals surface area contributed by atoms with Gasteiger partial charge in [-0.1, -0.05) is 29.8 Å². The molecular weight excluding hydrogens is 390 g/mol. The Balaban J connectivity index is 1.69. The summed E-state index contributed by atoms with van der Waals surface area (Å²) in [6, 6.07) is 14.2. The standard InChI is InChI=1S/C18H14ClN3O2S2/c1-12-4-3-9-22-11-15(20-18(12)22)13-5-2-6-14(10-13)21-26(23,24)17-8-7-16(19)25-17/h2-11,21H,1H3. The van der Waals surface area contributed by atoms with Crippen molar-refractivity contribution in [1.29, 1.82) is 0 Å². The first-order chi connectivity index (χ1) is 12.4. The van der Waals surface area contributed by atoms with Crippen LogP contribution in [0.15, 0.2) is 65.1 Å². The van der Waals surface area contributed by atoms with Gasteiger partial charge in [0.25, 0.3) is 10.0 Å². The quantitative estimate of drug-likeness (QED) is 0.531. The van der Waals surface area contributed by atoms with Crippen molar-refractivity contribution in [2.24, 2.45) is 0 Å². The Morgan fingerprint density at radius 3 is 2.73 bits per heavy atom. The van der Waals surface area contributed by atoms with Crippen molar-refractivity contribution in [3.8, 4) is 11.3 Å². The molecular formula is C18H14ClN3O2S2. The molecule has 1 N–H and O–H groups in total. The molecule has 0 spiro atoms. The first kappa shape index (κ1) is 17.1. The number of nitrogens with zero attached hydrogens (tertiary/aromatic N) is 2. The zero-order chi connectivity index (χ0) is 18.3. The van der Waals surface area contributed by atoms with Gasteiger partial charge in [0.1, 0.15) is 9.86 Å². The average Bonchev–Trinajstić information content (AvgIpc) is 3.22. The van der Waals surface area contributed by atoms with Gasteiger partial charge < -0.3 is 4.40 Å². The van der Waals surface area contributed by atoms with Crippen LogP contribution in [0.5, 0.6) is 0 Å². The monoisotopic (exact) mass is 403 g/mol. The molecule has 0 saturated heterocycles. The Hall–Kier alpha value is -2.35. The molecule has 0 radical (unpaired) electrons. The molecule has 0 atom stereocenters. The Bertz CT molecular complexity index is 1210. The van der Waals surface area contributed by atoms with Gasteiger partial charge in [-0.3, -0.25) is 4.72 Å².